The predicted molar refractivity (Wildman–Crippen MR) is 86.2 cm³/mol. The van der Waals surface area contributed by atoms with Gasteiger partial charge in [-0.1, -0.05) is 23.7 Å². The van der Waals surface area contributed by atoms with Crippen LogP contribution >= 0.6 is 11.6 Å². The largest absolute Gasteiger partial charge is 0.398 e. The minimum absolute atomic E-state index is 0.0759. The molecule has 0 aliphatic rings. The van der Waals surface area contributed by atoms with Crippen LogP contribution in [0.5, 0.6) is 0 Å². The number of anilines is 3. The van der Waals surface area contributed by atoms with Gasteiger partial charge in [0.1, 0.15) is 5.69 Å². The molecule has 0 unspecified atom stereocenters. The maximum Gasteiger partial charge on any atom is 0.314 e. The molecule has 0 radical (unpaired) electrons. The van der Waals surface area contributed by atoms with E-state index in [4.69, 9.17) is 17.3 Å². The molecule has 2 amide bonds. The molecular weight excluding hydrogens is 324 g/mol. The van der Waals surface area contributed by atoms with Crippen LogP contribution in [0.3, 0.4) is 0 Å². The molecule has 23 heavy (non-hydrogen) atoms. The number of nitrogens with zero attached hydrogens (tertiary/aromatic N) is 1. The van der Waals surface area contributed by atoms with Crippen LogP contribution in [0.1, 0.15) is 0 Å². The minimum Gasteiger partial charge on any atom is -0.398 e. The molecule has 2 aromatic rings. The van der Waals surface area contributed by atoms with Crippen molar-refractivity contribution in [2.24, 2.45) is 0 Å². The van der Waals surface area contributed by atoms with E-state index in [0.29, 0.717) is 5.69 Å². The van der Waals surface area contributed by atoms with Crippen molar-refractivity contribution in [1.29, 1.82) is 0 Å². The van der Waals surface area contributed by atoms with Crippen molar-refractivity contribution in [2.75, 3.05) is 16.4 Å². The number of nitro groups is 1. The zero-order chi connectivity index (χ0) is 17.0. The Hall–Kier alpha value is -3.13. The molecule has 0 atom stereocenters. The van der Waals surface area contributed by atoms with E-state index in [-0.39, 0.29) is 22.1 Å². The average Bonchev–Trinajstić information content (AvgIpc) is 2.51. The Labute approximate surface area is 135 Å². The number of hydrogen-bond donors (Lipinski definition) is 3. The Kier molecular flexibility index (Phi) is 4.77. The Morgan fingerprint density at radius 3 is 2.39 bits per heavy atom. The third kappa shape index (κ3) is 3.95. The number of nitrogen functional groups attached to an aromatic ring is 1. The zero-order valence-electron chi connectivity index (χ0n) is 11.6. The third-order valence-corrected chi connectivity index (χ3v) is 3.14. The Bertz CT molecular complexity index is 794. The highest BCUT2D eigenvalue weighted by atomic mass is 35.5. The van der Waals surface area contributed by atoms with Crippen LogP contribution < -0.4 is 16.4 Å². The van der Waals surface area contributed by atoms with Gasteiger partial charge in [0.15, 0.2) is 0 Å². The molecule has 2 aromatic carbocycles. The van der Waals surface area contributed by atoms with Gasteiger partial charge in [-0.2, -0.15) is 0 Å². The van der Waals surface area contributed by atoms with Gasteiger partial charge < -0.3 is 16.4 Å². The Morgan fingerprint density at radius 2 is 1.74 bits per heavy atom. The number of nitrogens with one attached hydrogen (secondary N) is 2. The lowest BCUT2D eigenvalue weighted by Gasteiger charge is -2.08. The fourth-order valence-electron chi connectivity index (χ4n) is 1.71. The molecule has 0 aliphatic heterocycles. The second kappa shape index (κ2) is 6.75. The summed E-state index contributed by atoms with van der Waals surface area (Å²) in [5.41, 5.74) is 5.75. The lowest BCUT2D eigenvalue weighted by atomic mass is 10.2. The SMILES string of the molecule is Nc1ccc(NC(=O)C(=O)Nc2ccccc2[N+](=O)[O-])cc1Cl. The average molecular weight is 335 g/mol. The molecule has 0 spiro atoms. The topological polar surface area (TPSA) is 127 Å². The smallest absolute Gasteiger partial charge is 0.314 e. The maximum atomic E-state index is 11.8. The van der Waals surface area contributed by atoms with Crippen LogP contribution in [0.4, 0.5) is 22.7 Å². The van der Waals surface area contributed by atoms with Crippen LogP contribution in [0.15, 0.2) is 42.5 Å². The molecular formula is C14H11ClN4O4. The number of nitro benzene ring substituents is 1. The molecule has 0 aromatic heterocycles. The normalized spacial score (nSPS) is 9.96. The van der Waals surface area contributed by atoms with Crippen LogP contribution in [-0.4, -0.2) is 16.7 Å². The summed E-state index contributed by atoms with van der Waals surface area (Å²) in [6.45, 7) is 0. The van der Waals surface area contributed by atoms with E-state index in [0.717, 1.165) is 0 Å². The van der Waals surface area contributed by atoms with Crippen LogP contribution in [-0.2, 0) is 9.59 Å². The molecule has 118 valence electrons. The van der Waals surface area contributed by atoms with E-state index in [1.807, 2.05) is 0 Å². The highest BCUT2D eigenvalue weighted by molar-refractivity contribution is 6.44. The van der Waals surface area contributed by atoms with E-state index in [1.54, 1.807) is 0 Å². The second-order valence-corrected chi connectivity index (χ2v) is 4.83. The van der Waals surface area contributed by atoms with Crippen LogP contribution in [0, 0.1) is 10.1 Å². The monoisotopic (exact) mass is 334 g/mol. The predicted octanol–water partition coefficient (Wildman–Crippen LogP) is 2.41. The van der Waals surface area contributed by atoms with Crippen molar-refractivity contribution in [1.82, 2.24) is 0 Å². The first-order chi connectivity index (χ1) is 10.9. The number of amides is 2. The summed E-state index contributed by atoms with van der Waals surface area (Å²) in [5.74, 6) is -2.05. The van der Waals surface area contributed by atoms with E-state index in [9.17, 15) is 19.7 Å². The molecule has 0 aliphatic carbocycles. The lowest BCUT2D eigenvalue weighted by molar-refractivity contribution is -0.383. The fourth-order valence-corrected chi connectivity index (χ4v) is 1.89. The van der Waals surface area contributed by atoms with Crippen molar-refractivity contribution >= 4 is 46.2 Å². The molecule has 9 heteroatoms. The van der Waals surface area contributed by atoms with E-state index in [2.05, 4.69) is 10.6 Å². The number of nitrogens with two attached hydrogens (primary N) is 1. The second-order valence-electron chi connectivity index (χ2n) is 4.42. The molecule has 0 saturated carbocycles. The van der Waals surface area contributed by atoms with Gasteiger partial charge in [-0.3, -0.25) is 19.7 Å². The molecule has 8 nitrogen and oxygen atoms in total. The first kappa shape index (κ1) is 16.2. The van der Waals surface area contributed by atoms with Crippen molar-refractivity contribution in [2.45, 2.75) is 0 Å². The Balaban J connectivity index is 2.10. The van der Waals surface area contributed by atoms with E-state index in [1.165, 1.54) is 42.5 Å². The molecule has 0 heterocycles. The van der Waals surface area contributed by atoms with Gasteiger partial charge in [0.05, 0.1) is 15.6 Å². The van der Waals surface area contributed by atoms with E-state index >= 15 is 0 Å². The zero-order valence-corrected chi connectivity index (χ0v) is 12.3. The van der Waals surface area contributed by atoms with Gasteiger partial charge in [-0.15, -0.1) is 0 Å². The number of carbonyl (C=O) groups excluding carboxylic acids is 2. The summed E-state index contributed by atoms with van der Waals surface area (Å²) in [6, 6.07) is 9.81. The third-order valence-electron chi connectivity index (χ3n) is 2.81. The molecule has 0 fully saturated rings. The van der Waals surface area contributed by atoms with Gasteiger partial charge in [-0.25, -0.2) is 0 Å². The summed E-state index contributed by atoms with van der Waals surface area (Å²) in [7, 11) is 0. The van der Waals surface area contributed by atoms with Gasteiger partial charge in [0.25, 0.3) is 5.69 Å². The number of para-hydroxylation sites is 2. The van der Waals surface area contributed by atoms with E-state index < -0.39 is 16.7 Å². The standard InChI is InChI=1S/C14H11ClN4O4/c15-9-7-8(5-6-10(9)16)17-13(20)14(21)18-11-3-1-2-4-12(11)19(22)23/h1-7H,16H2,(H,17,20)(H,18,21). The van der Waals surface area contributed by atoms with Crippen molar-refractivity contribution < 1.29 is 14.5 Å². The van der Waals surface area contributed by atoms with Crippen LogP contribution in [0.25, 0.3) is 0 Å². The number of carbonyl (C=O) groups is 2. The van der Waals surface area contributed by atoms with Crippen molar-refractivity contribution in [3.63, 3.8) is 0 Å². The summed E-state index contributed by atoms with van der Waals surface area (Å²) >= 11 is 5.81. The van der Waals surface area contributed by atoms with Gasteiger partial charge in [-0.05, 0) is 24.3 Å². The first-order valence-electron chi connectivity index (χ1n) is 6.29. The fraction of sp³-hybridized carbons (Fsp3) is 0. The van der Waals surface area contributed by atoms with Gasteiger partial charge in [0, 0.05) is 11.8 Å². The quantitative estimate of drug-likeness (QED) is 0.344. The van der Waals surface area contributed by atoms with Crippen molar-refractivity contribution in [3.05, 3.63) is 57.6 Å². The number of rotatable bonds is 3. The maximum absolute atomic E-state index is 11.8. The highest BCUT2D eigenvalue weighted by Crippen LogP contribution is 2.24. The number of halogens is 1. The number of hydrogen-bond acceptors (Lipinski definition) is 5. The summed E-state index contributed by atoms with van der Waals surface area (Å²) in [6.07, 6.45) is 0. The molecule has 2 rings (SSSR count). The van der Waals surface area contributed by atoms with Crippen LogP contribution in [0.2, 0.25) is 5.02 Å². The van der Waals surface area contributed by atoms with Crippen molar-refractivity contribution in [3.8, 4) is 0 Å². The summed E-state index contributed by atoms with van der Waals surface area (Å²) < 4.78 is 0. The van der Waals surface area contributed by atoms with Gasteiger partial charge >= 0.3 is 11.8 Å². The molecule has 0 bridgehead atoms. The molecule has 0 saturated heterocycles. The highest BCUT2D eigenvalue weighted by Gasteiger charge is 2.19. The number of benzene rings is 2. The first-order valence-corrected chi connectivity index (χ1v) is 6.67. The molecule has 4 N–H and O–H groups in total. The van der Waals surface area contributed by atoms with Gasteiger partial charge in [0.2, 0.25) is 0 Å². The summed E-state index contributed by atoms with van der Waals surface area (Å²) in [5, 5.41) is 15.6. The minimum atomic E-state index is -1.05. The Morgan fingerprint density at radius 1 is 1.09 bits per heavy atom. The summed E-state index contributed by atoms with van der Waals surface area (Å²) in [4.78, 5) is 33.9. The lowest BCUT2D eigenvalue weighted by Crippen LogP contribution is -2.29.